The van der Waals surface area contributed by atoms with Gasteiger partial charge in [-0.25, -0.2) is 4.98 Å². The summed E-state index contributed by atoms with van der Waals surface area (Å²) >= 11 is 1.54. The molecule has 1 atom stereocenters. The Kier molecular flexibility index (Phi) is 3.48. The topological polar surface area (TPSA) is 73.1 Å². The Morgan fingerprint density at radius 3 is 3.05 bits per heavy atom. The summed E-state index contributed by atoms with van der Waals surface area (Å²) < 4.78 is 10.7. The number of hydrogen-bond donors (Lipinski definition) is 1. The van der Waals surface area contributed by atoms with Crippen LogP contribution in [0.15, 0.2) is 4.52 Å². The van der Waals surface area contributed by atoms with Gasteiger partial charge in [-0.2, -0.15) is 4.98 Å². The van der Waals surface area contributed by atoms with Gasteiger partial charge in [-0.1, -0.05) is 16.5 Å². The Morgan fingerprint density at radius 2 is 2.32 bits per heavy atom. The molecule has 0 amide bonds. The van der Waals surface area contributed by atoms with E-state index in [2.05, 4.69) is 20.4 Å². The lowest BCUT2D eigenvalue weighted by Gasteiger charge is -1.97. The lowest BCUT2D eigenvalue weighted by molar-refractivity contribution is 0.192. The summed E-state index contributed by atoms with van der Waals surface area (Å²) in [6.45, 7) is 6.30. The van der Waals surface area contributed by atoms with Crippen LogP contribution in [0.4, 0.5) is 5.13 Å². The zero-order chi connectivity index (χ0) is 13.2. The highest BCUT2D eigenvalue weighted by atomic mass is 32.1. The normalized spacial score (nSPS) is 18.9. The van der Waals surface area contributed by atoms with Crippen molar-refractivity contribution in [1.29, 1.82) is 0 Å². The van der Waals surface area contributed by atoms with Gasteiger partial charge in [-0.15, -0.1) is 0 Å². The molecule has 3 rings (SSSR count). The van der Waals surface area contributed by atoms with Crippen LogP contribution >= 0.6 is 11.3 Å². The number of rotatable bonds is 4. The number of ether oxygens (including phenoxy) is 1. The van der Waals surface area contributed by atoms with Crippen molar-refractivity contribution in [2.24, 2.45) is 0 Å². The van der Waals surface area contributed by atoms with Crippen molar-refractivity contribution >= 4 is 16.5 Å². The molecule has 0 aliphatic carbocycles. The van der Waals surface area contributed by atoms with E-state index in [1.165, 1.54) is 0 Å². The average Bonchev–Trinajstić information content (AvgIpc) is 3.07. The van der Waals surface area contributed by atoms with Gasteiger partial charge in [0.25, 0.3) is 5.89 Å². The van der Waals surface area contributed by atoms with Gasteiger partial charge in [0.15, 0.2) is 11.0 Å². The second-order valence-electron chi connectivity index (χ2n) is 4.48. The van der Waals surface area contributed by atoms with Gasteiger partial charge < -0.3 is 14.6 Å². The Hall–Kier alpha value is -1.47. The van der Waals surface area contributed by atoms with Crippen LogP contribution in [-0.2, 0) is 4.74 Å². The summed E-state index contributed by atoms with van der Waals surface area (Å²) in [6.07, 6.45) is 0.962. The Balaban J connectivity index is 1.85. The van der Waals surface area contributed by atoms with E-state index in [1.54, 1.807) is 11.3 Å². The highest BCUT2D eigenvalue weighted by Gasteiger charge is 2.24. The quantitative estimate of drug-likeness (QED) is 0.927. The number of aromatic nitrogens is 3. The van der Waals surface area contributed by atoms with Gasteiger partial charge in [-0.05, 0) is 20.3 Å². The summed E-state index contributed by atoms with van der Waals surface area (Å²) in [4.78, 5) is 9.86. The van der Waals surface area contributed by atoms with Crippen LogP contribution in [0.3, 0.4) is 0 Å². The van der Waals surface area contributed by atoms with E-state index in [-0.39, 0.29) is 5.92 Å². The molecule has 2 aromatic heterocycles. The van der Waals surface area contributed by atoms with Crippen molar-refractivity contribution in [3.05, 3.63) is 11.5 Å². The van der Waals surface area contributed by atoms with E-state index < -0.39 is 0 Å². The first-order valence-electron chi connectivity index (χ1n) is 6.41. The maximum Gasteiger partial charge on any atom is 0.270 e. The molecule has 1 aliphatic heterocycles. The smallest absolute Gasteiger partial charge is 0.270 e. The molecule has 0 saturated carbocycles. The monoisotopic (exact) mass is 280 g/mol. The van der Waals surface area contributed by atoms with Gasteiger partial charge in [0, 0.05) is 19.1 Å². The third-order valence-electron chi connectivity index (χ3n) is 3.06. The Bertz CT molecular complexity index is 560. The molecule has 7 heteroatoms. The lowest BCUT2D eigenvalue weighted by atomic mass is 10.1. The van der Waals surface area contributed by atoms with E-state index in [1.807, 2.05) is 13.8 Å². The lowest BCUT2D eigenvalue weighted by Crippen LogP contribution is -1.99. The minimum absolute atomic E-state index is 0.263. The summed E-state index contributed by atoms with van der Waals surface area (Å²) in [5.41, 5.74) is 0.916. The number of hydrogen-bond acceptors (Lipinski definition) is 7. The molecular weight excluding hydrogens is 264 g/mol. The number of thiazole rings is 1. The van der Waals surface area contributed by atoms with Crippen LogP contribution in [-0.4, -0.2) is 34.9 Å². The molecule has 0 spiro atoms. The van der Waals surface area contributed by atoms with E-state index in [0.717, 1.165) is 41.1 Å². The largest absolute Gasteiger partial charge is 0.381 e. The van der Waals surface area contributed by atoms with Crippen LogP contribution in [0.25, 0.3) is 10.8 Å². The van der Waals surface area contributed by atoms with Gasteiger partial charge in [0.05, 0.1) is 12.3 Å². The number of aryl methyl sites for hydroxylation is 1. The van der Waals surface area contributed by atoms with Gasteiger partial charge in [0.2, 0.25) is 0 Å². The molecule has 2 aromatic rings. The zero-order valence-corrected chi connectivity index (χ0v) is 11.8. The first-order valence-corrected chi connectivity index (χ1v) is 7.22. The molecule has 0 bridgehead atoms. The van der Waals surface area contributed by atoms with E-state index >= 15 is 0 Å². The van der Waals surface area contributed by atoms with Crippen LogP contribution < -0.4 is 5.32 Å². The molecule has 1 saturated heterocycles. The number of anilines is 1. The van der Waals surface area contributed by atoms with Crippen molar-refractivity contribution in [2.75, 3.05) is 25.1 Å². The fourth-order valence-corrected chi connectivity index (χ4v) is 3.01. The second kappa shape index (κ2) is 5.26. The zero-order valence-electron chi connectivity index (χ0n) is 11.0. The molecular formula is C12H16N4O2S. The Morgan fingerprint density at radius 1 is 1.42 bits per heavy atom. The minimum Gasteiger partial charge on any atom is -0.381 e. The maximum absolute atomic E-state index is 5.36. The van der Waals surface area contributed by atoms with Gasteiger partial charge >= 0.3 is 0 Å². The van der Waals surface area contributed by atoms with Gasteiger partial charge in [-0.3, -0.25) is 0 Å². The molecule has 19 heavy (non-hydrogen) atoms. The molecule has 6 nitrogen and oxygen atoms in total. The average molecular weight is 280 g/mol. The molecule has 1 unspecified atom stereocenters. The molecule has 1 N–H and O–H groups in total. The molecule has 0 aromatic carbocycles. The van der Waals surface area contributed by atoms with E-state index in [4.69, 9.17) is 9.26 Å². The standard InChI is InChI=1S/C12H16N4O2S/c1-3-13-12-14-7(2)9(19-12)11-15-10(16-18-11)8-4-5-17-6-8/h8H,3-6H2,1-2H3,(H,13,14). The molecule has 1 fully saturated rings. The molecule has 3 heterocycles. The van der Waals surface area contributed by atoms with Crippen molar-refractivity contribution in [2.45, 2.75) is 26.2 Å². The minimum atomic E-state index is 0.263. The third-order valence-corrected chi connectivity index (χ3v) is 4.16. The molecule has 1 aliphatic rings. The SMILES string of the molecule is CCNc1nc(C)c(-c2nc(C3CCOC3)no2)s1. The third kappa shape index (κ3) is 2.48. The van der Waals surface area contributed by atoms with Crippen molar-refractivity contribution in [3.8, 4) is 10.8 Å². The highest BCUT2D eigenvalue weighted by Crippen LogP contribution is 2.33. The first-order chi connectivity index (χ1) is 9.28. The van der Waals surface area contributed by atoms with Crippen molar-refractivity contribution in [3.63, 3.8) is 0 Å². The van der Waals surface area contributed by atoms with Gasteiger partial charge in [0.1, 0.15) is 4.88 Å². The number of nitrogens with one attached hydrogen (secondary N) is 1. The summed E-state index contributed by atoms with van der Waals surface area (Å²) in [7, 11) is 0. The van der Waals surface area contributed by atoms with Crippen LogP contribution in [0.1, 0.15) is 30.8 Å². The van der Waals surface area contributed by atoms with Crippen molar-refractivity contribution < 1.29 is 9.26 Å². The number of nitrogens with zero attached hydrogens (tertiary/aromatic N) is 3. The molecule has 102 valence electrons. The second-order valence-corrected chi connectivity index (χ2v) is 5.48. The van der Waals surface area contributed by atoms with Crippen molar-refractivity contribution in [1.82, 2.24) is 15.1 Å². The van der Waals surface area contributed by atoms with Crippen LogP contribution in [0, 0.1) is 6.92 Å². The van der Waals surface area contributed by atoms with E-state index in [9.17, 15) is 0 Å². The fraction of sp³-hybridized carbons (Fsp3) is 0.583. The van der Waals surface area contributed by atoms with Crippen LogP contribution in [0.2, 0.25) is 0 Å². The Labute approximate surface area is 115 Å². The fourth-order valence-electron chi connectivity index (χ4n) is 2.05. The summed E-state index contributed by atoms with van der Waals surface area (Å²) in [6, 6.07) is 0. The first kappa shape index (κ1) is 12.6. The maximum atomic E-state index is 5.36. The predicted molar refractivity (Wildman–Crippen MR) is 72.5 cm³/mol. The van der Waals surface area contributed by atoms with Crippen LogP contribution in [0.5, 0.6) is 0 Å². The summed E-state index contributed by atoms with van der Waals surface area (Å²) in [5.74, 6) is 1.56. The predicted octanol–water partition coefficient (Wildman–Crippen LogP) is 2.44. The van der Waals surface area contributed by atoms with E-state index in [0.29, 0.717) is 12.5 Å². The summed E-state index contributed by atoms with van der Waals surface area (Å²) in [5, 5.41) is 8.15. The highest BCUT2D eigenvalue weighted by molar-refractivity contribution is 7.19. The molecule has 0 radical (unpaired) electrons.